The fraction of sp³-hybridized carbons (Fsp3) is 0.143. The van der Waals surface area contributed by atoms with Gasteiger partial charge in [-0.3, -0.25) is 4.98 Å². The summed E-state index contributed by atoms with van der Waals surface area (Å²) in [7, 11) is 0. The van der Waals surface area contributed by atoms with Crippen LogP contribution in [0.3, 0.4) is 0 Å². The van der Waals surface area contributed by atoms with Gasteiger partial charge in [0.25, 0.3) is 0 Å². The first-order valence-corrected chi connectivity index (χ1v) is 3.47. The molecule has 1 aromatic heterocycles. The summed E-state index contributed by atoms with van der Waals surface area (Å²) in [4.78, 5) is 4.04. The van der Waals surface area contributed by atoms with Gasteiger partial charge in [-0.25, -0.2) is 0 Å². The van der Waals surface area contributed by atoms with E-state index in [1.54, 1.807) is 13.0 Å². The van der Waals surface area contributed by atoms with E-state index in [9.17, 15) is 5.11 Å². The maximum absolute atomic E-state index is 9.18. The monoisotopic (exact) mass is 168 g/mol. The second-order valence-corrected chi connectivity index (χ2v) is 2.65. The highest BCUT2D eigenvalue weighted by molar-refractivity contribution is 7.80. The van der Waals surface area contributed by atoms with Crippen molar-refractivity contribution in [2.75, 3.05) is 0 Å². The molecule has 0 amide bonds. The molecular weight excluding hydrogens is 160 g/mol. The van der Waals surface area contributed by atoms with Crippen LogP contribution in [0.1, 0.15) is 11.3 Å². The molecule has 11 heavy (non-hydrogen) atoms. The highest BCUT2D eigenvalue weighted by Crippen LogP contribution is 2.14. The van der Waals surface area contributed by atoms with Crippen molar-refractivity contribution < 1.29 is 5.11 Å². The SMILES string of the molecule is Cc1cc(C(N)=S)c(O)cn1. The van der Waals surface area contributed by atoms with Gasteiger partial charge in [-0.2, -0.15) is 0 Å². The van der Waals surface area contributed by atoms with E-state index in [1.807, 2.05) is 0 Å². The average molecular weight is 168 g/mol. The Bertz CT molecular complexity index is 298. The smallest absolute Gasteiger partial charge is 0.144 e. The van der Waals surface area contributed by atoms with Crippen LogP contribution in [0, 0.1) is 6.92 Å². The fourth-order valence-electron chi connectivity index (χ4n) is 0.750. The van der Waals surface area contributed by atoms with Crippen LogP contribution in [0.4, 0.5) is 0 Å². The Kier molecular flexibility index (Phi) is 2.05. The maximum Gasteiger partial charge on any atom is 0.144 e. The second kappa shape index (κ2) is 2.84. The molecular formula is C7H8N2OS. The van der Waals surface area contributed by atoms with Crippen molar-refractivity contribution in [2.45, 2.75) is 6.92 Å². The Hall–Kier alpha value is -1.16. The summed E-state index contributed by atoms with van der Waals surface area (Å²) in [6.07, 6.45) is 1.34. The third-order valence-corrected chi connectivity index (χ3v) is 1.51. The van der Waals surface area contributed by atoms with Gasteiger partial charge in [0.15, 0.2) is 0 Å². The van der Waals surface area contributed by atoms with E-state index in [0.717, 1.165) is 5.69 Å². The Morgan fingerprint density at radius 2 is 2.36 bits per heavy atom. The van der Waals surface area contributed by atoms with Crippen LogP contribution in [-0.4, -0.2) is 15.1 Å². The van der Waals surface area contributed by atoms with E-state index < -0.39 is 0 Å². The molecule has 0 saturated heterocycles. The van der Waals surface area contributed by atoms with Crippen molar-refractivity contribution in [3.05, 3.63) is 23.5 Å². The van der Waals surface area contributed by atoms with Gasteiger partial charge in [0.2, 0.25) is 0 Å². The van der Waals surface area contributed by atoms with Gasteiger partial charge in [-0.15, -0.1) is 0 Å². The molecule has 0 aliphatic heterocycles. The molecule has 0 aliphatic rings. The van der Waals surface area contributed by atoms with Crippen LogP contribution < -0.4 is 5.73 Å². The summed E-state index contributed by atoms with van der Waals surface area (Å²) >= 11 is 4.70. The molecule has 3 N–H and O–H groups in total. The molecule has 0 aliphatic carbocycles. The van der Waals surface area contributed by atoms with E-state index in [2.05, 4.69) is 4.98 Å². The number of rotatable bonds is 1. The van der Waals surface area contributed by atoms with Crippen LogP contribution in [0.5, 0.6) is 5.75 Å². The topological polar surface area (TPSA) is 59.1 Å². The molecule has 0 saturated carbocycles. The Morgan fingerprint density at radius 3 is 2.82 bits per heavy atom. The molecule has 4 heteroatoms. The van der Waals surface area contributed by atoms with E-state index in [4.69, 9.17) is 18.0 Å². The highest BCUT2D eigenvalue weighted by Gasteiger charge is 2.03. The first-order chi connectivity index (χ1) is 5.11. The number of nitrogens with zero attached hydrogens (tertiary/aromatic N) is 1. The highest BCUT2D eigenvalue weighted by atomic mass is 32.1. The van der Waals surface area contributed by atoms with Gasteiger partial charge in [-0.05, 0) is 13.0 Å². The van der Waals surface area contributed by atoms with Crippen molar-refractivity contribution in [1.29, 1.82) is 0 Å². The first kappa shape index (κ1) is 7.94. The predicted octanol–water partition coefficient (Wildman–Crippen LogP) is 0.730. The van der Waals surface area contributed by atoms with Gasteiger partial charge < -0.3 is 10.8 Å². The van der Waals surface area contributed by atoms with E-state index in [0.29, 0.717) is 5.56 Å². The molecule has 0 spiro atoms. The predicted molar refractivity (Wildman–Crippen MR) is 46.5 cm³/mol. The molecule has 1 heterocycles. The Morgan fingerprint density at radius 1 is 1.73 bits per heavy atom. The van der Waals surface area contributed by atoms with Crippen molar-refractivity contribution in [3.63, 3.8) is 0 Å². The minimum atomic E-state index is 0.0306. The van der Waals surface area contributed by atoms with Gasteiger partial charge in [0.1, 0.15) is 10.7 Å². The van der Waals surface area contributed by atoms with E-state index >= 15 is 0 Å². The molecule has 3 nitrogen and oxygen atoms in total. The number of thiocarbonyl (C=S) groups is 1. The lowest BCUT2D eigenvalue weighted by molar-refractivity contribution is 0.471. The summed E-state index contributed by atoms with van der Waals surface area (Å²) in [6, 6.07) is 1.65. The third kappa shape index (κ3) is 1.65. The molecule has 0 radical (unpaired) electrons. The lowest BCUT2D eigenvalue weighted by atomic mass is 10.2. The molecule has 0 atom stereocenters. The summed E-state index contributed by atoms with van der Waals surface area (Å²) in [5.74, 6) is 0.0306. The Balaban J connectivity index is 3.23. The van der Waals surface area contributed by atoms with Gasteiger partial charge in [0, 0.05) is 5.69 Å². The summed E-state index contributed by atoms with van der Waals surface area (Å²) in [5, 5.41) is 9.18. The minimum absolute atomic E-state index is 0.0306. The van der Waals surface area contributed by atoms with Gasteiger partial charge in [-0.1, -0.05) is 12.2 Å². The maximum atomic E-state index is 9.18. The van der Waals surface area contributed by atoms with Crippen LogP contribution >= 0.6 is 12.2 Å². The van der Waals surface area contributed by atoms with Crippen LogP contribution in [-0.2, 0) is 0 Å². The molecule has 1 rings (SSSR count). The van der Waals surface area contributed by atoms with Crippen molar-refractivity contribution in [3.8, 4) is 5.75 Å². The number of aryl methyl sites for hydroxylation is 1. The number of pyridine rings is 1. The molecule has 0 bridgehead atoms. The van der Waals surface area contributed by atoms with E-state index in [1.165, 1.54) is 6.20 Å². The lowest BCUT2D eigenvalue weighted by Crippen LogP contribution is -2.10. The van der Waals surface area contributed by atoms with Gasteiger partial charge >= 0.3 is 0 Å². The summed E-state index contributed by atoms with van der Waals surface area (Å²) in [5.41, 5.74) is 6.59. The molecule has 1 aromatic rings. The number of nitrogens with two attached hydrogens (primary N) is 1. The van der Waals surface area contributed by atoms with Crippen molar-refractivity contribution in [1.82, 2.24) is 4.98 Å². The number of aromatic nitrogens is 1. The third-order valence-electron chi connectivity index (χ3n) is 1.29. The Labute approximate surface area is 69.9 Å². The zero-order valence-electron chi connectivity index (χ0n) is 6.03. The number of hydrogen-bond donors (Lipinski definition) is 2. The van der Waals surface area contributed by atoms with Crippen LogP contribution in [0.25, 0.3) is 0 Å². The first-order valence-electron chi connectivity index (χ1n) is 3.06. The quantitative estimate of drug-likeness (QED) is 0.607. The average Bonchev–Trinajstić information content (AvgIpc) is 1.94. The van der Waals surface area contributed by atoms with E-state index in [-0.39, 0.29) is 10.7 Å². The standard InChI is InChI=1S/C7H8N2OS/c1-4-2-5(7(8)11)6(10)3-9-4/h2-3,10H,1H3,(H2,8,11). The lowest BCUT2D eigenvalue weighted by Gasteiger charge is -2.01. The summed E-state index contributed by atoms with van der Waals surface area (Å²) < 4.78 is 0. The normalized spacial score (nSPS) is 9.55. The second-order valence-electron chi connectivity index (χ2n) is 2.21. The zero-order valence-corrected chi connectivity index (χ0v) is 6.85. The molecule has 58 valence electrons. The van der Waals surface area contributed by atoms with Crippen LogP contribution in [0.15, 0.2) is 12.3 Å². The fourth-order valence-corrected chi connectivity index (χ4v) is 0.913. The van der Waals surface area contributed by atoms with Gasteiger partial charge in [0.05, 0.1) is 11.8 Å². The summed E-state index contributed by atoms with van der Waals surface area (Å²) in [6.45, 7) is 1.81. The molecule has 0 aromatic carbocycles. The molecule has 0 unspecified atom stereocenters. The molecule has 0 fully saturated rings. The largest absolute Gasteiger partial charge is 0.506 e. The van der Waals surface area contributed by atoms with Crippen molar-refractivity contribution >= 4 is 17.2 Å². The number of hydrogen-bond acceptors (Lipinski definition) is 3. The van der Waals surface area contributed by atoms with Crippen molar-refractivity contribution in [2.24, 2.45) is 5.73 Å². The minimum Gasteiger partial charge on any atom is -0.506 e. The zero-order chi connectivity index (χ0) is 8.43. The van der Waals surface area contributed by atoms with Crippen LogP contribution in [0.2, 0.25) is 0 Å². The number of aromatic hydroxyl groups is 1.